The minimum Gasteiger partial charge on any atom is -0.330 e. The Balaban J connectivity index is 1.64. The van der Waals surface area contributed by atoms with Crippen LogP contribution in [-0.4, -0.2) is 32.5 Å². The number of carbonyl (C=O) groups is 1. The summed E-state index contributed by atoms with van der Waals surface area (Å²) in [7, 11) is 0. The van der Waals surface area contributed by atoms with E-state index in [0.29, 0.717) is 5.69 Å². The molecule has 0 aromatic carbocycles. The van der Waals surface area contributed by atoms with Gasteiger partial charge in [0.25, 0.3) is 5.91 Å². The monoisotopic (exact) mass is 310 g/mol. The molecule has 2 aromatic heterocycles. The van der Waals surface area contributed by atoms with Gasteiger partial charge < -0.3 is 4.90 Å². The number of likely N-dealkylation sites (tertiary alicyclic amines) is 1. The number of carbonyl (C=O) groups excluding carboxylic acids is 1. The first-order valence-corrected chi connectivity index (χ1v) is 8.61. The van der Waals surface area contributed by atoms with Gasteiger partial charge in [-0.3, -0.25) is 14.9 Å². The second-order valence-corrected chi connectivity index (χ2v) is 6.53. The van der Waals surface area contributed by atoms with Crippen molar-refractivity contribution in [2.24, 2.45) is 0 Å². The minimum atomic E-state index is 0.0814. The number of aromatic amines is 1. The van der Waals surface area contributed by atoms with Gasteiger partial charge in [0.2, 0.25) is 0 Å². The van der Waals surface area contributed by atoms with Crippen molar-refractivity contribution in [1.29, 1.82) is 0 Å². The molecule has 0 radical (unpaired) electrons. The van der Waals surface area contributed by atoms with Crippen LogP contribution in [0, 0.1) is 0 Å². The highest BCUT2D eigenvalue weighted by atomic mass is 16.2. The van der Waals surface area contributed by atoms with Gasteiger partial charge in [0, 0.05) is 30.2 Å². The van der Waals surface area contributed by atoms with E-state index in [2.05, 4.69) is 21.2 Å². The number of rotatable bonds is 2. The third-order valence-electron chi connectivity index (χ3n) is 5.09. The number of fused-ring (bicyclic) bond motifs is 1. The lowest BCUT2D eigenvalue weighted by molar-refractivity contribution is 0.0603. The molecule has 1 fully saturated rings. The molecule has 1 atom stereocenters. The van der Waals surface area contributed by atoms with Crippen molar-refractivity contribution in [3.63, 3.8) is 0 Å². The summed E-state index contributed by atoms with van der Waals surface area (Å²) in [5, 5.41) is 7.46. The molecule has 2 aliphatic rings. The third kappa shape index (κ3) is 2.64. The molecule has 3 heterocycles. The SMILES string of the molecule is O=C(c1n[nH]c2c1CCCC2)N1CCCC[C@H]1c1cccnc1. The highest BCUT2D eigenvalue weighted by molar-refractivity contribution is 5.94. The van der Waals surface area contributed by atoms with Crippen LogP contribution in [-0.2, 0) is 12.8 Å². The number of piperidine rings is 1. The first-order valence-electron chi connectivity index (χ1n) is 8.61. The van der Waals surface area contributed by atoms with Crippen LogP contribution in [0.2, 0.25) is 0 Å². The van der Waals surface area contributed by atoms with Crippen LogP contribution in [0.3, 0.4) is 0 Å². The fourth-order valence-electron chi connectivity index (χ4n) is 3.89. The van der Waals surface area contributed by atoms with Crippen molar-refractivity contribution in [3.05, 3.63) is 47.0 Å². The Bertz CT molecular complexity index is 694. The fraction of sp³-hybridized carbons (Fsp3) is 0.500. The van der Waals surface area contributed by atoms with Gasteiger partial charge in [-0.05, 0) is 56.6 Å². The summed E-state index contributed by atoms with van der Waals surface area (Å²) in [5.41, 5.74) is 4.09. The second kappa shape index (κ2) is 6.14. The third-order valence-corrected chi connectivity index (χ3v) is 5.09. The first kappa shape index (κ1) is 14.4. The molecule has 5 nitrogen and oxygen atoms in total. The molecule has 0 spiro atoms. The molecule has 2 aromatic rings. The largest absolute Gasteiger partial charge is 0.330 e. The number of H-pyrrole nitrogens is 1. The Morgan fingerprint density at radius 3 is 3.00 bits per heavy atom. The zero-order valence-electron chi connectivity index (χ0n) is 13.3. The van der Waals surface area contributed by atoms with Crippen molar-refractivity contribution in [1.82, 2.24) is 20.1 Å². The quantitative estimate of drug-likeness (QED) is 0.927. The van der Waals surface area contributed by atoms with Gasteiger partial charge >= 0.3 is 0 Å². The predicted molar refractivity (Wildman–Crippen MR) is 87.1 cm³/mol. The topological polar surface area (TPSA) is 61.9 Å². The molecule has 1 amide bonds. The highest BCUT2D eigenvalue weighted by Crippen LogP contribution is 2.33. The van der Waals surface area contributed by atoms with Crippen LogP contribution >= 0.6 is 0 Å². The smallest absolute Gasteiger partial charge is 0.275 e. The molecule has 4 rings (SSSR count). The number of aromatic nitrogens is 3. The van der Waals surface area contributed by atoms with Crippen LogP contribution < -0.4 is 0 Å². The zero-order chi connectivity index (χ0) is 15.6. The normalized spacial score (nSPS) is 21.0. The summed E-state index contributed by atoms with van der Waals surface area (Å²) >= 11 is 0. The van der Waals surface area contributed by atoms with Crippen LogP contribution in [0.4, 0.5) is 0 Å². The lowest BCUT2D eigenvalue weighted by atomic mass is 9.93. The van der Waals surface area contributed by atoms with Crippen LogP contribution in [0.15, 0.2) is 24.5 Å². The summed E-state index contributed by atoms with van der Waals surface area (Å²) in [5.74, 6) is 0.0814. The van der Waals surface area contributed by atoms with Crippen molar-refractivity contribution in [3.8, 4) is 0 Å². The Morgan fingerprint density at radius 2 is 2.13 bits per heavy atom. The Morgan fingerprint density at radius 1 is 1.22 bits per heavy atom. The van der Waals surface area contributed by atoms with Gasteiger partial charge in [-0.2, -0.15) is 5.10 Å². The Hall–Kier alpha value is -2.17. The molecule has 1 saturated heterocycles. The number of aryl methyl sites for hydroxylation is 1. The summed E-state index contributed by atoms with van der Waals surface area (Å²) in [6.07, 6.45) is 11.2. The first-order chi connectivity index (χ1) is 11.3. The maximum Gasteiger partial charge on any atom is 0.275 e. The summed E-state index contributed by atoms with van der Waals surface area (Å²) in [6, 6.07) is 4.15. The van der Waals surface area contributed by atoms with Gasteiger partial charge in [-0.15, -0.1) is 0 Å². The van der Waals surface area contributed by atoms with Gasteiger partial charge in [0.1, 0.15) is 0 Å². The number of hydrogen-bond donors (Lipinski definition) is 1. The van der Waals surface area contributed by atoms with Crippen LogP contribution in [0.5, 0.6) is 0 Å². The average molecular weight is 310 g/mol. The van der Waals surface area contributed by atoms with Gasteiger partial charge in [0.15, 0.2) is 5.69 Å². The molecule has 0 saturated carbocycles. The number of nitrogens with one attached hydrogen (secondary N) is 1. The molecule has 0 unspecified atom stereocenters. The molecular formula is C18H22N4O. The van der Waals surface area contributed by atoms with E-state index in [1.165, 1.54) is 6.42 Å². The van der Waals surface area contributed by atoms with E-state index in [1.807, 2.05) is 17.2 Å². The number of nitrogens with zero attached hydrogens (tertiary/aromatic N) is 3. The molecule has 0 bridgehead atoms. The molecule has 1 aliphatic heterocycles. The maximum atomic E-state index is 13.1. The van der Waals surface area contributed by atoms with Crippen molar-refractivity contribution in [2.75, 3.05) is 6.54 Å². The van der Waals surface area contributed by atoms with Gasteiger partial charge in [0.05, 0.1) is 6.04 Å². The molecule has 1 aliphatic carbocycles. The molecule has 1 N–H and O–H groups in total. The lowest BCUT2D eigenvalue weighted by Gasteiger charge is -2.35. The van der Waals surface area contributed by atoms with E-state index >= 15 is 0 Å². The van der Waals surface area contributed by atoms with Gasteiger partial charge in [-0.1, -0.05) is 6.07 Å². The standard InChI is InChI=1S/C18H22N4O/c23-18(17-14-7-1-2-8-15(14)20-21-17)22-11-4-3-9-16(22)13-6-5-10-19-12-13/h5-6,10,12,16H,1-4,7-9,11H2,(H,20,21)/t16-/m0/s1. The van der Waals surface area contributed by atoms with Crippen LogP contribution in [0.25, 0.3) is 0 Å². The van der Waals surface area contributed by atoms with E-state index < -0.39 is 0 Å². The highest BCUT2D eigenvalue weighted by Gasteiger charge is 2.32. The van der Waals surface area contributed by atoms with Crippen molar-refractivity contribution in [2.45, 2.75) is 51.0 Å². The van der Waals surface area contributed by atoms with Crippen molar-refractivity contribution < 1.29 is 4.79 Å². The molecule has 120 valence electrons. The van der Waals surface area contributed by atoms with Crippen molar-refractivity contribution >= 4 is 5.91 Å². The summed E-state index contributed by atoms with van der Waals surface area (Å²) < 4.78 is 0. The van der Waals surface area contributed by atoms with E-state index in [-0.39, 0.29) is 11.9 Å². The Labute approximate surface area is 136 Å². The molecule has 23 heavy (non-hydrogen) atoms. The number of pyridine rings is 1. The molecule has 5 heteroatoms. The second-order valence-electron chi connectivity index (χ2n) is 6.53. The average Bonchev–Trinajstić information content (AvgIpc) is 3.06. The summed E-state index contributed by atoms with van der Waals surface area (Å²) in [6.45, 7) is 0.806. The summed E-state index contributed by atoms with van der Waals surface area (Å²) in [4.78, 5) is 19.4. The number of amides is 1. The van der Waals surface area contributed by atoms with E-state index in [4.69, 9.17) is 0 Å². The Kier molecular flexibility index (Phi) is 3.85. The van der Waals surface area contributed by atoms with E-state index in [0.717, 1.165) is 61.9 Å². The maximum absolute atomic E-state index is 13.1. The van der Waals surface area contributed by atoms with E-state index in [9.17, 15) is 4.79 Å². The minimum absolute atomic E-state index is 0.0814. The molecular weight excluding hydrogens is 288 g/mol. The zero-order valence-corrected chi connectivity index (χ0v) is 13.3. The van der Waals surface area contributed by atoms with Gasteiger partial charge in [-0.25, -0.2) is 0 Å². The lowest BCUT2D eigenvalue weighted by Crippen LogP contribution is -2.39. The number of hydrogen-bond acceptors (Lipinski definition) is 3. The van der Waals surface area contributed by atoms with Crippen LogP contribution in [0.1, 0.15) is 65.5 Å². The van der Waals surface area contributed by atoms with E-state index in [1.54, 1.807) is 6.20 Å². The fourth-order valence-corrected chi connectivity index (χ4v) is 3.89. The predicted octanol–water partition coefficient (Wildman–Crippen LogP) is 3.05.